The maximum absolute atomic E-state index is 14.1. The van der Waals surface area contributed by atoms with Gasteiger partial charge in [-0.2, -0.15) is 0 Å². The zero-order valence-corrected chi connectivity index (χ0v) is 21.1. The average Bonchev–Trinajstić information content (AvgIpc) is 3.14. The topological polar surface area (TPSA) is 72.9 Å². The number of carbonyl (C=O) groups excluding carboxylic acids is 3. The van der Waals surface area contributed by atoms with Crippen molar-refractivity contribution in [1.29, 1.82) is 0 Å². The SMILES string of the molecule is COc1ccc([C@@H]2C=C3c4ccc(C)cc4OC(=O)[C@@H]3[C@H]3C(=O)N(c4cc(C)ccc4C)C(=O)[C@@H]32)cc1. The Morgan fingerprint density at radius 2 is 1.49 bits per heavy atom. The van der Waals surface area contributed by atoms with Crippen LogP contribution in [-0.2, 0) is 14.4 Å². The van der Waals surface area contributed by atoms with Crippen molar-refractivity contribution >= 4 is 29.0 Å². The summed E-state index contributed by atoms with van der Waals surface area (Å²) in [4.78, 5) is 42.9. The van der Waals surface area contributed by atoms with Crippen molar-refractivity contribution in [3.05, 3.63) is 94.6 Å². The van der Waals surface area contributed by atoms with Crippen molar-refractivity contribution in [3.63, 3.8) is 0 Å². The number of rotatable bonds is 3. The lowest BCUT2D eigenvalue weighted by atomic mass is 9.64. The number of hydrogen-bond acceptors (Lipinski definition) is 5. The Balaban J connectivity index is 1.55. The number of hydrogen-bond donors (Lipinski definition) is 0. The number of nitrogens with zero attached hydrogens (tertiary/aromatic N) is 1. The predicted octanol–water partition coefficient (Wildman–Crippen LogP) is 5.14. The summed E-state index contributed by atoms with van der Waals surface area (Å²) in [7, 11) is 1.60. The molecule has 3 aromatic rings. The molecule has 2 amide bonds. The van der Waals surface area contributed by atoms with Gasteiger partial charge >= 0.3 is 5.97 Å². The van der Waals surface area contributed by atoms with Crippen LogP contribution in [0.3, 0.4) is 0 Å². The van der Waals surface area contributed by atoms with Crippen LogP contribution < -0.4 is 14.4 Å². The van der Waals surface area contributed by atoms with Gasteiger partial charge in [0.1, 0.15) is 11.5 Å². The Labute approximate surface area is 215 Å². The van der Waals surface area contributed by atoms with Gasteiger partial charge in [-0.05, 0) is 72.9 Å². The van der Waals surface area contributed by atoms with Gasteiger partial charge in [-0.25, -0.2) is 4.90 Å². The molecule has 0 unspecified atom stereocenters. The molecule has 0 radical (unpaired) electrons. The van der Waals surface area contributed by atoms with Crippen molar-refractivity contribution < 1.29 is 23.9 Å². The molecule has 0 saturated carbocycles. The summed E-state index contributed by atoms with van der Waals surface area (Å²) in [5.74, 6) is -2.77. The lowest BCUT2D eigenvalue weighted by Crippen LogP contribution is -2.42. The van der Waals surface area contributed by atoms with E-state index in [0.29, 0.717) is 17.2 Å². The van der Waals surface area contributed by atoms with Gasteiger partial charge in [0.2, 0.25) is 11.8 Å². The monoisotopic (exact) mass is 493 g/mol. The number of benzene rings is 3. The summed E-state index contributed by atoms with van der Waals surface area (Å²) in [6, 6.07) is 19.0. The smallest absolute Gasteiger partial charge is 0.319 e. The van der Waals surface area contributed by atoms with Crippen molar-refractivity contribution in [2.75, 3.05) is 12.0 Å². The lowest BCUT2D eigenvalue weighted by molar-refractivity contribution is -0.142. The molecule has 6 nitrogen and oxygen atoms in total. The Morgan fingerprint density at radius 1 is 0.811 bits per heavy atom. The standard InChI is InChI=1S/C31H27NO5/c1-16-5-7-18(3)24(13-16)32-29(33)26-22(19-8-10-20(36-4)11-9-19)15-23-21-12-6-17(2)14-25(21)37-31(35)27(23)28(26)30(32)34/h5-15,22,26-28H,1-4H3/t22-,26+,27-,28-/m0/s1. The van der Waals surface area contributed by atoms with E-state index in [1.165, 1.54) is 4.90 Å². The number of imide groups is 1. The minimum atomic E-state index is -0.860. The van der Waals surface area contributed by atoms with Gasteiger partial charge in [-0.1, -0.05) is 42.5 Å². The van der Waals surface area contributed by atoms with Crippen molar-refractivity contribution in [3.8, 4) is 11.5 Å². The number of allylic oxidation sites excluding steroid dienone is 1. The molecule has 1 fully saturated rings. The fourth-order valence-corrected chi connectivity index (χ4v) is 6.02. The molecule has 1 saturated heterocycles. The van der Waals surface area contributed by atoms with E-state index in [-0.39, 0.29) is 11.8 Å². The highest BCUT2D eigenvalue weighted by Crippen LogP contribution is 2.55. The molecule has 4 atom stereocenters. The number of fused-ring (bicyclic) bond motifs is 5. The number of amides is 2. The molecule has 6 heteroatoms. The van der Waals surface area contributed by atoms with Gasteiger partial charge in [-0.3, -0.25) is 14.4 Å². The molecule has 37 heavy (non-hydrogen) atoms. The molecule has 2 aliphatic heterocycles. The van der Waals surface area contributed by atoms with Crippen LogP contribution >= 0.6 is 0 Å². The highest BCUT2D eigenvalue weighted by atomic mass is 16.5. The minimum absolute atomic E-state index is 0.290. The Morgan fingerprint density at radius 3 is 2.22 bits per heavy atom. The first-order chi connectivity index (χ1) is 17.8. The molecule has 0 bridgehead atoms. The van der Waals surface area contributed by atoms with E-state index in [9.17, 15) is 14.4 Å². The van der Waals surface area contributed by atoms with Crippen molar-refractivity contribution in [1.82, 2.24) is 0 Å². The number of esters is 1. The summed E-state index contributed by atoms with van der Waals surface area (Å²) in [6.07, 6.45) is 2.00. The third kappa shape index (κ3) is 3.50. The summed E-state index contributed by atoms with van der Waals surface area (Å²) in [5.41, 5.74) is 5.74. The van der Waals surface area contributed by atoms with E-state index in [2.05, 4.69) is 0 Å². The van der Waals surface area contributed by atoms with Crippen LogP contribution in [-0.4, -0.2) is 24.9 Å². The fraction of sp³-hybridized carbons (Fsp3) is 0.258. The average molecular weight is 494 g/mol. The zero-order chi connectivity index (χ0) is 26.0. The van der Waals surface area contributed by atoms with E-state index in [1.54, 1.807) is 7.11 Å². The first kappa shape index (κ1) is 23.2. The largest absolute Gasteiger partial charge is 0.497 e. The maximum Gasteiger partial charge on any atom is 0.319 e. The summed E-state index contributed by atoms with van der Waals surface area (Å²) < 4.78 is 11.1. The second-order valence-corrected chi connectivity index (χ2v) is 10.2. The third-order valence-electron chi connectivity index (χ3n) is 7.86. The van der Waals surface area contributed by atoms with Crippen molar-refractivity contribution in [2.24, 2.45) is 17.8 Å². The highest BCUT2D eigenvalue weighted by molar-refractivity contribution is 6.25. The molecule has 0 N–H and O–H groups in total. The van der Waals surface area contributed by atoms with E-state index in [1.807, 2.05) is 87.5 Å². The first-order valence-electron chi connectivity index (χ1n) is 12.4. The third-order valence-corrected chi connectivity index (χ3v) is 7.86. The fourth-order valence-electron chi connectivity index (χ4n) is 6.02. The van der Waals surface area contributed by atoms with Crippen LogP contribution in [0.2, 0.25) is 0 Å². The zero-order valence-electron chi connectivity index (χ0n) is 21.1. The summed E-state index contributed by atoms with van der Waals surface area (Å²) in [6.45, 7) is 5.75. The minimum Gasteiger partial charge on any atom is -0.497 e. The van der Waals surface area contributed by atoms with Crippen LogP contribution in [0.25, 0.3) is 5.57 Å². The van der Waals surface area contributed by atoms with Gasteiger partial charge in [0.25, 0.3) is 0 Å². The second-order valence-electron chi connectivity index (χ2n) is 10.2. The van der Waals surface area contributed by atoms with Crippen molar-refractivity contribution in [2.45, 2.75) is 26.7 Å². The normalized spacial score (nSPS) is 24.2. The quantitative estimate of drug-likeness (QED) is 0.287. The van der Waals surface area contributed by atoms with Crippen LogP contribution in [0.15, 0.2) is 66.7 Å². The summed E-state index contributed by atoms with van der Waals surface area (Å²) >= 11 is 0. The van der Waals surface area contributed by atoms with Crippen LogP contribution in [0.4, 0.5) is 5.69 Å². The second kappa shape index (κ2) is 8.44. The Hall–Kier alpha value is -4.19. The number of carbonyl (C=O) groups is 3. The van der Waals surface area contributed by atoms with Gasteiger partial charge in [0, 0.05) is 11.5 Å². The molecule has 6 rings (SSSR count). The number of ether oxygens (including phenoxy) is 2. The van der Waals surface area contributed by atoms with Gasteiger partial charge in [0.05, 0.1) is 30.6 Å². The molecule has 186 valence electrons. The molecule has 3 aliphatic rings. The van der Waals surface area contributed by atoms with E-state index < -0.39 is 29.6 Å². The molecule has 0 spiro atoms. The molecule has 3 aromatic carbocycles. The number of anilines is 1. The van der Waals surface area contributed by atoms with Crippen LogP contribution in [0.5, 0.6) is 11.5 Å². The molecule has 1 aliphatic carbocycles. The number of methoxy groups -OCH3 is 1. The van der Waals surface area contributed by atoms with Crippen LogP contribution in [0.1, 0.15) is 33.7 Å². The van der Waals surface area contributed by atoms with Gasteiger partial charge in [0.15, 0.2) is 0 Å². The predicted molar refractivity (Wildman–Crippen MR) is 139 cm³/mol. The van der Waals surface area contributed by atoms with E-state index in [4.69, 9.17) is 9.47 Å². The number of aryl methyl sites for hydroxylation is 3. The van der Waals surface area contributed by atoms with Crippen LogP contribution in [0, 0.1) is 38.5 Å². The van der Waals surface area contributed by atoms with E-state index >= 15 is 0 Å². The van der Waals surface area contributed by atoms with Gasteiger partial charge in [-0.15, -0.1) is 0 Å². The van der Waals surface area contributed by atoms with Gasteiger partial charge < -0.3 is 9.47 Å². The molecular weight excluding hydrogens is 466 g/mol. The lowest BCUT2D eigenvalue weighted by Gasteiger charge is -2.38. The Bertz CT molecular complexity index is 1500. The maximum atomic E-state index is 14.1. The molecular formula is C31H27NO5. The molecule has 0 aromatic heterocycles. The summed E-state index contributed by atoms with van der Waals surface area (Å²) in [5, 5.41) is 0. The Kier molecular flexibility index (Phi) is 5.30. The van der Waals surface area contributed by atoms with E-state index in [0.717, 1.165) is 33.4 Å². The first-order valence-corrected chi connectivity index (χ1v) is 12.4. The molecule has 2 heterocycles. The highest BCUT2D eigenvalue weighted by Gasteiger charge is 2.60.